The highest BCUT2D eigenvalue weighted by atomic mass is 16.5. The average molecular weight is 111 g/mol. The lowest BCUT2D eigenvalue weighted by Crippen LogP contribution is -1.87. The molecule has 0 spiro atoms. The minimum absolute atomic E-state index is 0.663. The second kappa shape index (κ2) is 2.40. The number of furan rings is 1. The minimum atomic E-state index is 0.663. The fourth-order valence-corrected chi connectivity index (χ4v) is 0.453. The predicted octanol–water partition coefficient (Wildman–Crippen LogP) is 1.48. The Balaban J connectivity index is 2.50. The largest absolute Gasteiger partial charge is 0.490 e. The summed E-state index contributed by atoms with van der Waals surface area (Å²) in [6.45, 7) is 2.58. The van der Waals surface area contributed by atoms with E-state index in [4.69, 9.17) is 4.74 Å². The van der Waals surface area contributed by atoms with Crippen LogP contribution in [-0.4, -0.2) is 6.61 Å². The van der Waals surface area contributed by atoms with Crippen LogP contribution in [0.15, 0.2) is 16.9 Å². The van der Waals surface area contributed by atoms with Gasteiger partial charge < -0.3 is 9.15 Å². The summed E-state index contributed by atoms with van der Waals surface area (Å²) in [4.78, 5) is 0. The number of ether oxygens (including phenoxy) is 1. The summed E-state index contributed by atoms with van der Waals surface area (Å²) in [5.74, 6) is 0.674. The molecule has 1 rings (SSSR count). The van der Waals surface area contributed by atoms with Crippen molar-refractivity contribution in [3.8, 4) is 5.75 Å². The highest BCUT2D eigenvalue weighted by Gasteiger charge is 1.88. The fraction of sp³-hybridized carbons (Fsp3) is 0.333. The maximum absolute atomic E-state index is 5.00. The van der Waals surface area contributed by atoms with Crippen LogP contribution in [0.1, 0.15) is 6.92 Å². The number of rotatable bonds is 2. The van der Waals surface area contributed by atoms with Crippen molar-refractivity contribution in [3.05, 3.63) is 18.6 Å². The normalized spacial score (nSPS) is 9.12. The van der Waals surface area contributed by atoms with Gasteiger partial charge in [-0.1, -0.05) is 0 Å². The van der Waals surface area contributed by atoms with Gasteiger partial charge in [0.2, 0.25) is 0 Å². The van der Waals surface area contributed by atoms with Gasteiger partial charge >= 0.3 is 0 Å². The Kier molecular flexibility index (Phi) is 1.57. The van der Waals surface area contributed by atoms with Gasteiger partial charge in [0.25, 0.3) is 0 Å². The Morgan fingerprint density at radius 1 is 1.88 bits per heavy atom. The SMILES string of the molecule is CCOc1[c]coc1. The summed E-state index contributed by atoms with van der Waals surface area (Å²) in [5, 5.41) is 0. The molecule has 2 heteroatoms. The standard InChI is InChI=1S/C6H7O2/c1-2-8-6-3-4-7-5-6/h4-5H,2H2,1H3. The van der Waals surface area contributed by atoms with Crippen LogP contribution in [0.5, 0.6) is 5.75 Å². The lowest BCUT2D eigenvalue weighted by Gasteiger charge is -1.92. The Morgan fingerprint density at radius 3 is 3.25 bits per heavy atom. The maximum Gasteiger partial charge on any atom is 0.165 e. The molecular weight excluding hydrogens is 104 g/mol. The van der Waals surface area contributed by atoms with Crippen LogP contribution >= 0.6 is 0 Å². The van der Waals surface area contributed by atoms with Crippen LogP contribution in [0.3, 0.4) is 0 Å². The van der Waals surface area contributed by atoms with E-state index < -0.39 is 0 Å². The molecule has 0 aromatic carbocycles. The van der Waals surface area contributed by atoms with Gasteiger partial charge in [0.15, 0.2) is 5.75 Å². The van der Waals surface area contributed by atoms with Crippen LogP contribution in [0.25, 0.3) is 0 Å². The minimum Gasteiger partial charge on any atom is -0.490 e. The van der Waals surface area contributed by atoms with Crippen LogP contribution in [0.2, 0.25) is 0 Å². The van der Waals surface area contributed by atoms with E-state index in [0.29, 0.717) is 12.4 Å². The third-order valence-corrected chi connectivity index (χ3v) is 0.744. The third kappa shape index (κ3) is 1.03. The van der Waals surface area contributed by atoms with Crippen LogP contribution in [0.4, 0.5) is 0 Å². The molecule has 0 N–H and O–H groups in total. The van der Waals surface area contributed by atoms with Crippen LogP contribution in [0, 0.1) is 6.07 Å². The monoisotopic (exact) mass is 111 g/mol. The molecule has 0 saturated carbocycles. The van der Waals surface area contributed by atoms with E-state index in [1.165, 1.54) is 12.5 Å². The molecule has 8 heavy (non-hydrogen) atoms. The van der Waals surface area contributed by atoms with Crippen molar-refractivity contribution in [1.29, 1.82) is 0 Å². The molecule has 0 bridgehead atoms. The second-order valence-corrected chi connectivity index (χ2v) is 1.31. The zero-order valence-electron chi connectivity index (χ0n) is 4.68. The molecule has 43 valence electrons. The van der Waals surface area contributed by atoms with Crippen molar-refractivity contribution in [2.45, 2.75) is 6.92 Å². The van der Waals surface area contributed by atoms with Crippen LogP contribution in [-0.2, 0) is 0 Å². The summed E-state index contributed by atoms with van der Waals surface area (Å²) in [6.07, 6.45) is 2.98. The molecule has 1 aromatic heterocycles. The van der Waals surface area contributed by atoms with E-state index in [-0.39, 0.29) is 0 Å². The van der Waals surface area contributed by atoms with Crippen molar-refractivity contribution in [2.75, 3.05) is 6.61 Å². The quantitative estimate of drug-likeness (QED) is 0.576. The van der Waals surface area contributed by atoms with Crippen molar-refractivity contribution in [1.82, 2.24) is 0 Å². The topological polar surface area (TPSA) is 22.4 Å². The molecule has 1 aromatic rings. The Bertz CT molecular complexity index is 132. The van der Waals surface area contributed by atoms with Gasteiger partial charge in [-0.05, 0) is 6.92 Å². The Hall–Kier alpha value is -0.920. The highest BCUT2D eigenvalue weighted by molar-refractivity contribution is 5.10. The molecule has 0 aliphatic heterocycles. The molecule has 0 fully saturated rings. The number of hydrogen-bond donors (Lipinski definition) is 0. The first-order valence-corrected chi connectivity index (χ1v) is 2.50. The Labute approximate surface area is 48.1 Å². The third-order valence-electron chi connectivity index (χ3n) is 0.744. The molecule has 1 heterocycles. The first-order chi connectivity index (χ1) is 3.93. The number of hydrogen-bond acceptors (Lipinski definition) is 2. The van der Waals surface area contributed by atoms with E-state index in [0.717, 1.165) is 0 Å². The lowest BCUT2D eigenvalue weighted by molar-refractivity contribution is 0.335. The van der Waals surface area contributed by atoms with E-state index in [2.05, 4.69) is 10.5 Å². The van der Waals surface area contributed by atoms with Gasteiger partial charge in [-0.15, -0.1) is 0 Å². The smallest absolute Gasteiger partial charge is 0.165 e. The highest BCUT2D eigenvalue weighted by Crippen LogP contribution is 2.07. The Morgan fingerprint density at radius 2 is 2.75 bits per heavy atom. The summed E-state index contributed by atoms with van der Waals surface area (Å²) >= 11 is 0. The van der Waals surface area contributed by atoms with Crippen molar-refractivity contribution >= 4 is 0 Å². The van der Waals surface area contributed by atoms with E-state index in [1.807, 2.05) is 6.92 Å². The molecule has 0 aliphatic rings. The molecule has 2 nitrogen and oxygen atoms in total. The molecule has 1 radical (unpaired) electrons. The fourth-order valence-electron chi connectivity index (χ4n) is 0.453. The van der Waals surface area contributed by atoms with Crippen LogP contribution < -0.4 is 4.74 Å². The maximum atomic E-state index is 5.00. The predicted molar refractivity (Wildman–Crippen MR) is 28.7 cm³/mol. The molecule has 0 saturated heterocycles. The zero-order chi connectivity index (χ0) is 5.82. The summed E-state index contributed by atoms with van der Waals surface area (Å²) in [7, 11) is 0. The van der Waals surface area contributed by atoms with Crippen molar-refractivity contribution in [3.63, 3.8) is 0 Å². The zero-order valence-corrected chi connectivity index (χ0v) is 4.68. The van der Waals surface area contributed by atoms with Gasteiger partial charge in [-0.2, -0.15) is 0 Å². The van der Waals surface area contributed by atoms with E-state index in [9.17, 15) is 0 Å². The van der Waals surface area contributed by atoms with E-state index >= 15 is 0 Å². The van der Waals surface area contributed by atoms with Gasteiger partial charge in [-0.25, -0.2) is 0 Å². The molecule has 0 atom stereocenters. The van der Waals surface area contributed by atoms with Crippen molar-refractivity contribution < 1.29 is 9.15 Å². The lowest BCUT2D eigenvalue weighted by atomic mass is 10.6. The van der Waals surface area contributed by atoms with Gasteiger partial charge in [0.1, 0.15) is 12.5 Å². The summed E-state index contributed by atoms with van der Waals surface area (Å²) in [5.41, 5.74) is 0. The summed E-state index contributed by atoms with van der Waals surface area (Å²) < 4.78 is 9.68. The molecule has 0 aliphatic carbocycles. The molecule has 0 amide bonds. The van der Waals surface area contributed by atoms with E-state index in [1.54, 1.807) is 0 Å². The van der Waals surface area contributed by atoms with Gasteiger partial charge in [-0.3, -0.25) is 0 Å². The van der Waals surface area contributed by atoms with Gasteiger partial charge in [0, 0.05) is 0 Å². The summed E-state index contributed by atoms with van der Waals surface area (Å²) in [6, 6.07) is 2.75. The second-order valence-electron chi connectivity index (χ2n) is 1.31. The van der Waals surface area contributed by atoms with Crippen molar-refractivity contribution in [2.24, 2.45) is 0 Å². The first kappa shape index (κ1) is 5.22. The average Bonchev–Trinajstić information content (AvgIpc) is 2.19. The first-order valence-electron chi connectivity index (χ1n) is 2.50. The molecule has 0 unspecified atom stereocenters. The molecular formula is C6H7O2. The van der Waals surface area contributed by atoms with Gasteiger partial charge in [0.05, 0.1) is 12.7 Å².